The van der Waals surface area contributed by atoms with Crippen molar-refractivity contribution in [3.8, 4) is 0 Å². The standard InChI is InChI=1S/C13H13NO2S.ClH/c15-17(16,11-12-7-3-1-4-8-12)14-13-9-5-2-6-10-13;/h1-10,14H,11H2;1H. The fraction of sp³-hybridized carbons (Fsp3) is 0.0769. The molecule has 0 spiro atoms. The molecule has 0 aliphatic carbocycles. The number of halogens is 1. The molecule has 0 amide bonds. The van der Waals surface area contributed by atoms with E-state index in [0.29, 0.717) is 5.69 Å². The van der Waals surface area contributed by atoms with Gasteiger partial charge in [-0.2, -0.15) is 0 Å². The lowest BCUT2D eigenvalue weighted by Crippen LogP contribution is -2.14. The number of benzene rings is 2. The normalized spacial score (nSPS) is 10.4. The van der Waals surface area contributed by atoms with Crippen LogP contribution < -0.4 is 4.72 Å². The molecule has 0 radical (unpaired) electrons. The lowest BCUT2D eigenvalue weighted by Gasteiger charge is -2.07. The summed E-state index contributed by atoms with van der Waals surface area (Å²) in [4.78, 5) is 0. The molecule has 2 rings (SSSR count). The molecular formula is C13H14ClNO2S. The molecule has 0 aliphatic heterocycles. The molecule has 0 saturated heterocycles. The fourth-order valence-corrected chi connectivity index (χ4v) is 2.71. The van der Waals surface area contributed by atoms with E-state index in [1.807, 2.05) is 24.3 Å². The Morgan fingerprint density at radius 1 is 0.833 bits per heavy atom. The predicted molar refractivity (Wildman–Crippen MR) is 76.4 cm³/mol. The van der Waals surface area contributed by atoms with E-state index >= 15 is 0 Å². The Morgan fingerprint density at radius 2 is 1.33 bits per heavy atom. The SMILES string of the molecule is Cl.O=S(=O)(Cc1ccccc1)Nc1ccccc1. The van der Waals surface area contributed by atoms with Gasteiger partial charge in [0.15, 0.2) is 0 Å². The summed E-state index contributed by atoms with van der Waals surface area (Å²) in [5, 5.41) is 0. The van der Waals surface area contributed by atoms with Gasteiger partial charge in [-0.1, -0.05) is 48.5 Å². The van der Waals surface area contributed by atoms with Crippen LogP contribution in [0.1, 0.15) is 5.56 Å². The van der Waals surface area contributed by atoms with E-state index in [0.717, 1.165) is 5.56 Å². The summed E-state index contributed by atoms with van der Waals surface area (Å²) >= 11 is 0. The molecule has 1 N–H and O–H groups in total. The molecule has 96 valence electrons. The van der Waals surface area contributed by atoms with Gasteiger partial charge in [0, 0.05) is 5.69 Å². The third kappa shape index (κ3) is 4.39. The first-order chi connectivity index (χ1) is 8.16. The number of rotatable bonds is 4. The second-order valence-electron chi connectivity index (χ2n) is 3.71. The number of para-hydroxylation sites is 1. The van der Waals surface area contributed by atoms with Gasteiger partial charge in [0.05, 0.1) is 5.75 Å². The van der Waals surface area contributed by atoms with Crippen molar-refractivity contribution in [3.63, 3.8) is 0 Å². The van der Waals surface area contributed by atoms with E-state index in [2.05, 4.69) is 4.72 Å². The summed E-state index contributed by atoms with van der Waals surface area (Å²) in [6.45, 7) is 0. The second-order valence-corrected chi connectivity index (χ2v) is 5.44. The summed E-state index contributed by atoms with van der Waals surface area (Å²) in [5.41, 5.74) is 1.36. The van der Waals surface area contributed by atoms with Crippen LogP contribution in [0.2, 0.25) is 0 Å². The van der Waals surface area contributed by atoms with Crippen molar-refractivity contribution in [2.75, 3.05) is 4.72 Å². The van der Waals surface area contributed by atoms with Crippen LogP contribution in [0.15, 0.2) is 60.7 Å². The lowest BCUT2D eigenvalue weighted by atomic mass is 10.2. The van der Waals surface area contributed by atoms with Crippen LogP contribution in [-0.4, -0.2) is 8.42 Å². The monoisotopic (exact) mass is 283 g/mol. The smallest absolute Gasteiger partial charge is 0.236 e. The van der Waals surface area contributed by atoms with Crippen LogP contribution in [0.3, 0.4) is 0 Å². The zero-order valence-corrected chi connectivity index (χ0v) is 11.2. The van der Waals surface area contributed by atoms with E-state index in [4.69, 9.17) is 0 Å². The average Bonchev–Trinajstić information content (AvgIpc) is 2.30. The number of sulfonamides is 1. The summed E-state index contributed by atoms with van der Waals surface area (Å²) < 4.78 is 26.3. The zero-order chi connectivity index (χ0) is 12.1. The molecule has 0 bridgehead atoms. The minimum atomic E-state index is -3.34. The van der Waals surface area contributed by atoms with Gasteiger partial charge in [0.2, 0.25) is 10.0 Å². The van der Waals surface area contributed by atoms with Crippen molar-refractivity contribution >= 4 is 28.1 Å². The molecule has 0 atom stereocenters. The highest BCUT2D eigenvalue weighted by atomic mass is 35.5. The second kappa shape index (κ2) is 6.42. The molecule has 0 fully saturated rings. The molecule has 0 saturated carbocycles. The minimum Gasteiger partial charge on any atom is -0.283 e. The number of hydrogen-bond donors (Lipinski definition) is 1. The molecule has 3 nitrogen and oxygen atoms in total. The first-order valence-corrected chi connectivity index (χ1v) is 6.90. The largest absolute Gasteiger partial charge is 0.283 e. The van der Waals surface area contributed by atoms with Crippen molar-refractivity contribution in [1.82, 2.24) is 0 Å². The first kappa shape index (κ1) is 14.5. The Bertz CT molecular complexity index is 523. The Balaban J connectivity index is 0.00000162. The van der Waals surface area contributed by atoms with Crippen LogP contribution in [-0.2, 0) is 15.8 Å². The number of anilines is 1. The van der Waals surface area contributed by atoms with Gasteiger partial charge in [-0.15, -0.1) is 12.4 Å². The van der Waals surface area contributed by atoms with Gasteiger partial charge in [-0.05, 0) is 17.7 Å². The van der Waals surface area contributed by atoms with Crippen LogP contribution in [0.5, 0.6) is 0 Å². The minimum absolute atomic E-state index is 0. The highest BCUT2D eigenvalue weighted by Crippen LogP contribution is 2.11. The van der Waals surface area contributed by atoms with Gasteiger partial charge in [-0.25, -0.2) is 8.42 Å². The Morgan fingerprint density at radius 3 is 1.89 bits per heavy atom. The molecule has 2 aromatic rings. The Hall–Kier alpha value is -1.52. The van der Waals surface area contributed by atoms with E-state index < -0.39 is 10.0 Å². The predicted octanol–water partition coefficient (Wildman–Crippen LogP) is 3.05. The molecule has 0 unspecified atom stereocenters. The van der Waals surface area contributed by atoms with Gasteiger partial charge in [0.1, 0.15) is 0 Å². The van der Waals surface area contributed by atoms with Crippen LogP contribution in [0, 0.1) is 0 Å². The van der Waals surface area contributed by atoms with Crippen LogP contribution in [0.25, 0.3) is 0 Å². The van der Waals surface area contributed by atoms with Crippen molar-refractivity contribution in [2.24, 2.45) is 0 Å². The van der Waals surface area contributed by atoms with E-state index in [1.165, 1.54) is 0 Å². The van der Waals surface area contributed by atoms with E-state index in [9.17, 15) is 8.42 Å². The van der Waals surface area contributed by atoms with Gasteiger partial charge >= 0.3 is 0 Å². The zero-order valence-electron chi connectivity index (χ0n) is 9.61. The summed E-state index contributed by atoms with van der Waals surface area (Å²) in [6.07, 6.45) is 0. The highest BCUT2D eigenvalue weighted by Gasteiger charge is 2.10. The third-order valence-electron chi connectivity index (χ3n) is 2.25. The summed E-state index contributed by atoms with van der Waals surface area (Å²) in [7, 11) is -3.34. The first-order valence-electron chi connectivity index (χ1n) is 5.25. The van der Waals surface area contributed by atoms with E-state index in [1.54, 1.807) is 36.4 Å². The highest BCUT2D eigenvalue weighted by molar-refractivity contribution is 7.91. The molecule has 18 heavy (non-hydrogen) atoms. The maximum absolute atomic E-state index is 11.9. The van der Waals surface area contributed by atoms with E-state index in [-0.39, 0.29) is 18.2 Å². The van der Waals surface area contributed by atoms with Gasteiger partial charge in [0.25, 0.3) is 0 Å². The van der Waals surface area contributed by atoms with Crippen molar-refractivity contribution in [3.05, 3.63) is 66.2 Å². The van der Waals surface area contributed by atoms with Crippen molar-refractivity contribution < 1.29 is 8.42 Å². The molecule has 2 aromatic carbocycles. The average molecular weight is 284 g/mol. The maximum Gasteiger partial charge on any atom is 0.236 e. The molecule has 0 heterocycles. The molecule has 5 heteroatoms. The maximum atomic E-state index is 11.9. The Labute approximate surface area is 113 Å². The topological polar surface area (TPSA) is 46.2 Å². The summed E-state index contributed by atoms with van der Waals surface area (Å²) in [6, 6.07) is 18.0. The van der Waals surface area contributed by atoms with Crippen molar-refractivity contribution in [2.45, 2.75) is 5.75 Å². The van der Waals surface area contributed by atoms with Crippen LogP contribution >= 0.6 is 12.4 Å². The summed E-state index contributed by atoms with van der Waals surface area (Å²) in [5.74, 6) is -0.0112. The fourth-order valence-electron chi connectivity index (χ4n) is 1.52. The molecule has 0 aromatic heterocycles. The molecule has 0 aliphatic rings. The Kier molecular flexibility index (Phi) is 5.19. The molecular weight excluding hydrogens is 270 g/mol. The van der Waals surface area contributed by atoms with Gasteiger partial charge < -0.3 is 0 Å². The van der Waals surface area contributed by atoms with Crippen molar-refractivity contribution in [1.29, 1.82) is 0 Å². The lowest BCUT2D eigenvalue weighted by molar-refractivity contribution is 0.600. The third-order valence-corrected chi connectivity index (χ3v) is 3.51. The van der Waals surface area contributed by atoms with Gasteiger partial charge in [-0.3, -0.25) is 4.72 Å². The quantitative estimate of drug-likeness (QED) is 0.937. The van der Waals surface area contributed by atoms with Crippen LogP contribution in [0.4, 0.5) is 5.69 Å². The number of hydrogen-bond acceptors (Lipinski definition) is 2. The number of nitrogens with one attached hydrogen (secondary N) is 1.